The molecule has 1 rings (SSSR count). The van der Waals surface area contributed by atoms with Crippen LogP contribution in [0.3, 0.4) is 0 Å². The van der Waals surface area contributed by atoms with Gasteiger partial charge >= 0.3 is 0 Å². The molecule has 0 aliphatic heterocycles. The molecule has 0 fully saturated rings. The van der Waals surface area contributed by atoms with Crippen molar-refractivity contribution >= 4 is 48.0 Å². The van der Waals surface area contributed by atoms with Crippen molar-refractivity contribution < 1.29 is 13.2 Å². The van der Waals surface area contributed by atoms with Crippen molar-refractivity contribution in [2.24, 2.45) is 5.14 Å². The summed E-state index contributed by atoms with van der Waals surface area (Å²) in [4.78, 5) is 10.7. The Morgan fingerprint density at radius 3 is 2.43 bits per heavy atom. The van der Waals surface area contributed by atoms with E-state index >= 15 is 0 Å². The molecule has 0 radical (unpaired) electrons. The van der Waals surface area contributed by atoms with Crippen LogP contribution in [-0.4, -0.2) is 12.2 Å². The van der Waals surface area contributed by atoms with Gasteiger partial charge in [0.15, 0.2) is 0 Å². The predicted octanol–water partition coefficient (Wildman–Crippen LogP) is 1.56. The number of carbonyl (C=O) groups excluding carboxylic acids is 1. The SMILES string of the molecule is NS(=O)(=O)c1cc(C(=O)I)ccc1Cl. The Morgan fingerprint density at radius 1 is 1.43 bits per heavy atom. The van der Waals surface area contributed by atoms with Gasteiger partial charge in [0.05, 0.1) is 5.02 Å². The molecule has 2 N–H and O–H groups in total. The van der Waals surface area contributed by atoms with Gasteiger partial charge < -0.3 is 0 Å². The zero-order chi connectivity index (χ0) is 10.9. The first-order valence-electron chi connectivity index (χ1n) is 3.34. The monoisotopic (exact) mass is 345 g/mol. The lowest BCUT2D eigenvalue weighted by Crippen LogP contribution is -2.13. The lowest BCUT2D eigenvalue weighted by atomic mass is 10.2. The van der Waals surface area contributed by atoms with Crippen LogP contribution in [0.25, 0.3) is 0 Å². The van der Waals surface area contributed by atoms with Crippen LogP contribution in [0.15, 0.2) is 23.1 Å². The van der Waals surface area contributed by atoms with E-state index in [0.717, 1.165) is 6.07 Å². The van der Waals surface area contributed by atoms with Crippen molar-refractivity contribution in [2.45, 2.75) is 4.90 Å². The highest BCUT2D eigenvalue weighted by molar-refractivity contribution is 14.1. The third-order valence-electron chi connectivity index (χ3n) is 1.46. The summed E-state index contributed by atoms with van der Waals surface area (Å²) >= 11 is 7.16. The predicted molar refractivity (Wildman–Crippen MR) is 61.2 cm³/mol. The van der Waals surface area contributed by atoms with Crippen LogP contribution >= 0.6 is 34.2 Å². The lowest BCUT2D eigenvalue weighted by Gasteiger charge is -2.02. The molecule has 0 amide bonds. The van der Waals surface area contributed by atoms with E-state index in [9.17, 15) is 13.2 Å². The molecular formula is C7H5ClINO3S. The fraction of sp³-hybridized carbons (Fsp3) is 0. The van der Waals surface area contributed by atoms with Gasteiger partial charge in [0.25, 0.3) is 0 Å². The lowest BCUT2D eigenvalue weighted by molar-refractivity contribution is 0.110. The number of hydrogen-bond donors (Lipinski definition) is 1. The smallest absolute Gasteiger partial charge is 0.239 e. The maximum absolute atomic E-state index is 11.0. The van der Waals surface area contributed by atoms with E-state index in [4.69, 9.17) is 16.7 Å². The topological polar surface area (TPSA) is 77.2 Å². The van der Waals surface area contributed by atoms with Gasteiger partial charge in [-0.15, -0.1) is 0 Å². The molecule has 0 bridgehead atoms. The Kier molecular flexibility index (Phi) is 3.51. The molecule has 0 aliphatic carbocycles. The van der Waals surface area contributed by atoms with Crippen LogP contribution < -0.4 is 5.14 Å². The quantitative estimate of drug-likeness (QED) is 0.653. The van der Waals surface area contributed by atoms with Gasteiger partial charge in [-0.1, -0.05) is 11.6 Å². The number of primary sulfonamides is 1. The highest BCUT2D eigenvalue weighted by Crippen LogP contribution is 2.22. The fourth-order valence-electron chi connectivity index (χ4n) is 0.844. The van der Waals surface area contributed by atoms with Gasteiger partial charge in [0.1, 0.15) is 4.90 Å². The van der Waals surface area contributed by atoms with Crippen LogP contribution in [0.5, 0.6) is 0 Å². The zero-order valence-corrected chi connectivity index (χ0v) is 10.4. The summed E-state index contributed by atoms with van der Waals surface area (Å²) in [6.45, 7) is 0. The Morgan fingerprint density at radius 2 is 2.00 bits per heavy atom. The summed E-state index contributed by atoms with van der Waals surface area (Å²) in [5, 5.41) is 4.91. The van der Waals surface area contributed by atoms with Crippen LogP contribution in [0.2, 0.25) is 5.02 Å². The molecule has 0 unspecified atom stereocenters. The van der Waals surface area contributed by atoms with Crippen molar-refractivity contribution in [3.8, 4) is 0 Å². The Labute approximate surface area is 99.6 Å². The van der Waals surface area contributed by atoms with E-state index < -0.39 is 10.0 Å². The molecule has 0 atom stereocenters. The average Bonchev–Trinajstić information content (AvgIpc) is 2.02. The summed E-state index contributed by atoms with van der Waals surface area (Å²) in [7, 11) is -3.88. The Balaban J connectivity index is 3.44. The third kappa shape index (κ3) is 2.66. The van der Waals surface area contributed by atoms with Crippen LogP contribution in [-0.2, 0) is 10.0 Å². The minimum atomic E-state index is -3.88. The molecule has 0 spiro atoms. The minimum Gasteiger partial charge on any atom is -0.282 e. The van der Waals surface area contributed by atoms with Gasteiger partial charge in [0.2, 0.25) is 13.8 Å². The van der Waals surface area contributed by atoms with E-state index in [1.807, 2.05) is 0 Å². The number of hydrogen-bond acceptors (Lipinski definition) is 3. The maximum Gasteiger partial charge on any atom is 0.239 e. The zero-order valence-electron chi connectivity index (χ0n) is 6.70. The summed E-state index contributed by atoms with van der Waals surface area (Å²) in [5.41, 5.74) is 0.249. The van der Waals surface area contributed by atoms with Crippen molar-refractivity contribution in [2.75, 3.05) is 0 Å². The first-order chi connectivity index (χ1) is 6.32. The molecule has 0 saturated carbocycles. The average molecular weight is 346 g/mol. The summed E-state index contributed by atoms with van der Waals surface area (Å²) in [6.07, 6.45) is 0. The van der Waals surface area contributed by atoms with E-state index in [1.165, 1.54) is 12.1 Å². The van der Waals surface area contributed by atoms with Crippen molar-refractivity contribution in [1.82, 2.24) is 0 Å². The molecule has 4 nitrogen and oxygen atoms in total. The molecule has 14 heavy (non-hydrogen) atoms. The third-order valence-corrected chi connectivity index (χ3v) is 3.48. The molecule has 0 aliphatic rings. The Hall–Kier alpha value is -0.180. The molecule has 7 heteroatoms. The van der Waals surface area contributed by atoms with E-state index in [2.05, 4.69) is 0 Å². The minimum absolute atomic E-state index is 0.00824. The number of carbonyl (C=O) groups is 1. The van der Waals surface area contributed by atoms with Crippen LogP contribution in [0.4, 0.5) is 0 Å². The van der Waals surface area contributed by atoms with E-state index in [-0.39, 0.29) is 19.3 Å². The number of sulfonamides is 1. The largest absolute Gasteiger partial charge is 0.282 e. The number of rotatable bonds is 2. The van der Waals surface area contributed by atoms with E-state index in [1.54, 1.807) is 22.6 Å². The Bertz CT molecular complexity index is 486. The second kappa shape index (κ2) is 4.13. The normalized spacial score (nSPS) is 11.4. The highest BCUT2D eigenvalue weighted by Gasteiger charge is 2.14. The molecule has 76 valence electrons. The molecule has 0 heterocycles. The van der Waals surface area contributed by atoms with Gasteiger partial charge in [0, 0.05) is 28.2 Å². The van der Waals surface area contributed by atoms with E-state index in [0.29, 0.717) is 0 Å². The van der Waals surface area contributed by atoms with Gasteiger partial charge in [-0.05, 0) is 18.2 Å². The number of benzene rings is 1. The number of halogens is 2. The van der Waals surface area contributed by atoms with Crippen molar-refractivity contribution in [3.05, 3.63) is 28.8 Å². The van der Waals surface area contributed by atoms with Gasteiger partial charge in [-0.3, -0.25) is 4.79 Å². The van der Waals surface area contributed by atoms with Gasteiger partial charge in [-0.2, -0.15) is 0 Å². The van der Waals surface area contributed by atoms with Gasteiger partial charge in [-0.25, -0.2) is 13.6 Å². The molecule has 1 aromatic rings. The molecule has 0 saturated heterocycles. The standard InChI is InChI=1S/C7H5ClINO3S/c8-5-2-1-4(7(9)11)3-6(5)14(10,12)13/h1-3H,(H2,10,12,13). The van der Waals surface area contributed by atoms with Crippen molar-refractivity contribution in [1.29, 1.82) is 0 Å². The first-order valence-corrected chi connectivity index (χ1v) is 6.35. The first kappa shape index (κ1) is 11.9. The van der Waals surface area contributed by atoms with Crippen LogP contribution in [0, 0.1) is 0 Å². The summed E-state index contributed by atoms with van der Waals surface area (Å²) < 4.78 is 21.7. The molecule has 1 aromatic carbocycles. The fourth-order valence-corrected chi connectivity index (χ4v) is 2.25. The summed E-state index contributed by atoms with van der Waals surface area (Å²) in [5.74, 6) is 0. The highest BCUT2D eigenvalue weighted by atomic mass is 127. The van der Waals surface area contributed by atoms with Crippen LogP contribution in [0.1, 0.15) is 10.4 Å². The molecular weight excluding hydrogens is 341 g/mol. The maximum atomic E-state index is 11.0. The van der Waals surface area contributed by atoms with Crippen molar-refractivity contribution in [3.63, 3.8) is 0 Å². The molecule has 0 aromatic heterocycles. The number of nitrogens with two attached hydrogens (primary N) is 1. The summed E-state index contributed by atoms with van der Waals surface area (Å²) in [6, 6.07) is 3.92. The second-order valence-electron chi connectivity index (χ2n) is 2.46. The second-order valence-corrected chi connectivity index (χ2v) is 5.38.